The summed E-state index contributed by atoms with van der Waals surface area (Å²) in [5.41, 5.74) is 2.46. The number of nitrogens with one attached hydrogen (secondary N) is 1. The van der Waals surface area contributed by atoms with Crippen molar-refractivity contribution in [3.8, 4) is 0 Å². The lowest BCUT2D eigenvalue weighted by Crippen LogP contribution is -2.36. The summed E-state index contributed by atoms with van der Waals surface area (Å²) in [5, 5.41) is 3.50. The molecule has 0 spiro atoms. The Labute approximate surface area is 146 Å². The maximum absolute atomic E-state index is 12.5. The summed E-state index contributed by atoms with van der Waals surface area (Å²) < 4.78 is 9.91. The predicted molar refractivity (Wildman–Crippen MR) is 91.6 cm³/mol. The third-order valence-corrected chi connectivity index (χ3v) is 4.51. The normalized spacial score (nSPS) is 20.3. The van der Waals surface area contributed by atoms with Crippen LogP contribution in [0.25, 0.3) is 0 Å². The van der Waals surface area contributed by atoms with Crippen LogP contribution < -0.4 is 5.32 Å². The molecule has 0 bridgehead atoms. The zero-order valence-corrected chi connectivity index (χ0v) is 14.8. The van der Waals surface area contributed by atoms with Crippen LogP contribution in [0.1, 0.15) is 18.4 Å². The lowest BCUT2D eigenvalue weighted by molar-refractivity contribution is -0.145. The first-order valence-corrected chi connectivity index (χ1v) is 7.84. The van der Waals surface area contributed by atoms with E-state index in [1.54, 1.807) is 38.2 Å². The van der Waals surface area contributed by atoms with Gasteiger partial charge in [-0.1, -0.05) is 29.8 Å². The van der Waals surface area contributed by atoms with Gasteiger partial charge in [0.1, 0.15) is 5.92 Å². The standard InChI is InChI=1S/C18H20ClNO4/c1-10-9-13(20-2)16(18(22)24-4)15(14(10)17(21)23-3)11-7-5-6-8-12(11)19/h5-9,15-16,20H,1-4H3. The average Bonchev–Trinajstić information content (AvgIpc) is 2.59. The quantitative estimate of drug-likeness (QED) is 0.847. The second-order valence-electron chi connectivity index (χ2n) is 5.44. The van der Waals surface area contributed by atoms with E-state index >= 15 is 0 Å². The predicted octanol–water partition coefficient (Wildman–Crippen LogP) is 2.82. The van der Waals surface area contributed by atoms with Gasteiger partial charge >= 0.3 is 11.9 Å². The van der Waals surface area contributed by atoms with E-state index in [0.29, 0.717) is 21.9 Å². The zero-order chi connectivity index (χ0) is 17.9. The van der Waals surface area contributed by atoms with Gasteiger partial charge < -0.3 is 14.8 Å². The molecule has 0 heterocycles. The van der Waals surface area contributed by atoms with E-state index in [1.165, 1.54) is 14.2 Å². The maximum atomic E-state index is 12.5. The molecule has 2 atom stereocenters. The molecule has 1 aromatic rings. The van der Waals surface area contributed by atoms with Crippen LogP contribution in [0.15, 0.2) is 47.2 Å². The lowest BCUT2D eigenvalue weighted by Gasteiger charge is -2.33. The number of allylic oxidation sites excluding steroid dienone is 2. The second kappa shape index (κ2) is 7.53. The molecular formula is C18H20ClNO4. The van der Waals surface area contributed by atoms with Crippen LogP contribution in [0, 0.1) is 5.92 Å². The molecular weight excluding hydrogens is 330 g/mol. The van der Waals surface area contributed by atoms with Crippen LogP contribution in [0.3, 0.4) is 0 Å². The molecule has 0 aromatic heterocycles. The minimum Gasteiger partial charge on any atom is -0.468 e. The van der Waals surface area contributed by atoms with Crippen LogP contribution in [-0.4, -0.2) is 33.2 Å². The summed E-state index contributed by atoms with van der Waals surface area (Å²) >= 11 is 6.36. The molecule has 0 aliphatic heterocycles. The number of rotatable bonds is 4. The van der Waals surface area contributed by atoms with E-state index in [1.807, 2.05) is 6.07 Å². The molecule has 0 amide bonds. The average molecular weight is 350 g/mol. The molecule has 2 unspecified atom stereocenters. The Kier molecular flexibility index (Phi) is 5.67. The Hall–Kier alpha value is -2.27. The van der Waals surface area contributed by atoms with Gasteiger partial charge in [-0.25, -0.2) is 4.79 Å². The van der Waals surface area contributed by atoms with Crippen molar-refractivity contribution in [2.24, 2.45) is 5.92 Å². The van der Waals surface area contributed by atoms with Crippen LogP contribution in [-0.2, 0) is 19.1 Å². The number of esters is 2. The van der Waals surface area contributed by atoms with Gasteiger partial charge in [0.05, 0.1) is 14.2 Å². The second-order valence-corrected chi connectivity index (χ2v) is 5.85. The van der Waals surface area contributed by atoms with Gasteiger partial charge in [-0.15, -0.1) is 0 Å². The van der Waals surface area contributed by atoms with Gasteiger partial charge in [0, 0.05) is 29.3 Å². The van der Waals surface area contributed by atoms with Crippen molar-refractivity contribution in [3.63, 3.8) is 0 Å². The van der Waals surface area contributed by atoms with E-state index in [0.717, 1.165) is 5.57 Å². The molecule has 24 heavy (non-hydrogen) atoms. The van der Waals surface area contributed by atoms with Gasteiger partial charge in [-0.05, 0) is 30.2 Å². The first kappa shape index (κ1) is 18.1. The number of methoxy groups -OCH3 is 2. The fraction of sp³-hybridized carbons (Fsp3) is 0.333. The maximum Gasteiger partial charge on any atom is 0.334 e. The van der Waals surface area contributed by atoms with E-state index < -0.39 is 23.8 Å². The third-order valence-electron chi connectivity index (χ3n) is 4.17. The topological polar surface area (TPSA) is 64.6 Å². The number of carbonyl (C=O) groups excluding carboxylic acids is 2. The van der Waals surface area contributed by atoms with E-state index in [-0.39, 0.29) is 0 Å². The Morgan fingerprint density at radius 2 is 1.83 bits per heavy atom. The molecule has 2 rings (SSSR count). The van der Waals surface area contributed by atoms with Crippen molar-refractivity contribution in [1.82, 2.24) is 5.32 Å². The summed E-state index contributed by atoms with van der Waals surface area (Å²) in [4.78, 5) is 24.9. The Morgan fingerprint density at radius 3 is 2.38 bits per heavy atom. The molecule has 0 saturated carbocycles. The lowest BCUT2D eigenvalue weighted by atomic mass is 9.73. The molecule has 1 N–H and O–H groups in total. The zero-order valence-electron chi connectivity index (χ0n) is 14.1. The summed E-state index contributed by atoms with van der Waals surface area (Å²) in [6.45, 7) is 1.81. The highest BCUT2D eigenvalue weighted by Crippen LogP contribution is 2.44. The molecule has 0 radical (unpaired) electrons. The highest BCUT2D eigenvalue weighted by atomic mass is 35.5. The molecule has 6 heteroatoms. The van der Waals surface area contributed by atoms with Crippen LogP contribution in [0.5, 0.6) is 0 Å². The number of hydrogen-bond donors (Lipinski definition) is 1. The fourth-order valence-electron chi connectivity index (χ4n) is 3.07. The molecule has 1 aromatic carbocycles. The fourth-order valence-corrected chi connectivity index (χ4v) is 3.32. The Balaban J connectivity index is 2.74. The molecule has 5 nitrogen and oxygen atoms in total. The highest BCUT2D eigenvalue weighted by Gasteiger charge is 2.42. The van der Waals surface area contributed by atoms with Crippen molar-refractivity contribution in [2.75, 3.05) is 21.3 Å². The highest BCUT2D eigenvalue weighted by molar-refractivity contribution is 6.31. The molecule has 1 aliphatic carbocycles. The van der Waals surface area contributed by atoms with E-state index in [2.05, 4.69) is 5.32 Å². The third kappa shape index (κ3) is 3.17. The SMILES string of the molecule is CNC1=CC(C)=C(C(=O)OC)C(c2ccccc2Cl)C1C(=O)OC. The van der Waals surface area contributed by atoms with E-state index in [9.17, 15) is 9.59 Å². The van der Waals surface area contributed by atoms with Gasteiger partial charge in [0.15, 0.2) is 0 Å². The summed E-state index contributed by atoms with van der Waals surface area (Å²) in [7, 11) is 4.36. The van der Waals surface area contributed by atoms with Gasteiger partial charge in [0.25, 0.3) is 0 Å². The van der Waals surface area contributed by atoms with Gasteiger partial charge in [-0.2, -0.15) is 0 Å². The molecule has 0 fully saturated rings. The number of hydrogen-bond acceptors (Lipinski definition) is 5. The molecule has 1 aliphatic rings. The number of benzene rings is 1. The molecule has 0 saturated heterocycles. The van der Waals surface area contributed by atoms with Crippen LogP contribution in [0.2, 0.25) is 5.02 Å². The minimum atomic E-state index is -0.710. The van der Waals surface area contributed by atoms with Gasteiger partial charge in [0.2, 0.25) is 0 Å². The van der Waals surface area contributed by atoms with Gasteiger partial charge in [-0.3, -0.25) is 4.79 Å². The summed E-state index contributed by atoms with van der Waals surface area (Å²) in [5.74, 6) is -2.24. The van der Waals surface area contributed by atoms with E-state index in [4.69, 9.17) is 21.1 Å². The summed E-state index contributed by atoms with van der Waals surface area (Å²) in [6, 6.07) is 7.15. The summed E-state index contributed by atoms with van der Waals surface area (Å²) in [6.07, 6.45) is 1.77. The number of halogens is 1. The van der Waals surface area contributed by atoms with Crippen molar-refractivity contribution in [3.05, 3.63) is 57.8 Å². The van der Waals surface area contributed by atoms with Crippen LogP contribution >= 0.6 is 11.6 Å². The number of carbonyl (C=O) groups is 2. The first-order chi connectivity index (χ1) is 11.5. The largest absolute Gasteiger partial charge is 0.468 e. The Bertz CT molecular complexity index is 723. The van der Waals surface area contributed by atoms with Crippen molar-refractivity contribution < 1.29 is 19.1 Å². The van der Waals surface area contributed by atoms with Crippen molar-refractivity contribution >= 4 is 23.5 Å². The minimum absolute atomic E-state index is 0.403. The Morgan fingerprint density at radius 1 is 1.17 bits per heavy atom. The monoisotopic (exact) mass is 349 g/mol. The van der Waals surface area contributed by atoms with Crippen molar-refractivity contribution in [1.29, 1.82) is 0 Å². The van der Waals surface area contributed by atoms with Crippen molar-refractivity contribution in [2.45, 2.75) is 12.8 Å². The smallest absolute Gasteiger partial charge is 0.334 e. The number of ether oxygens (including phenoxy) is 2. The molecule has 128 valence electrons. The van der Waals surface area contributed by atoms with Crippen LogP contribution in [0.4, 0.5) is 0 Å². The first-order valence-electron chi connectivity index (χ1n) is 7.46.